The summed E-state index contributed by atoms with van der Waals surface area (Å²) in [5, 5.41) is 3.45. The highest BCUT2D eigenvalue weighted by Gasteiger charge is 2.22. The molecule has 0 bridgehead atoms. The molecule has 0 spiro atoms. The predicted octanol–water partition coefficient (Wildman–Crippen LogP) is 3.93. The van der Waals surface area contributed by atoms with Crippen molar-refractivity contribution in [2.75, 3.05) is 7.05 Å². The van der Waals surface area contributed by atoms with E-state index in [0.717, 1.165) is 19.1 Å². The molecule has 1 saturated carbocycles. The van der Waals surface area contributed by atoms with Crippen LogP contribution < -0.4 is 5.32 Å². The molecule has 1 N–H and O–H groups in total. The average Bonchev–Trinajstić information content (AvgIpc) is 2.27. The molecule has 1 aliphatic carbocycles. The third-order valence-corrected chi connectivity index (χ3v) is 4.69. The molecule has 2 nitrogen and oxygen atoms in total. The highest BCUT2D eigenvalue weighted by molar-refractivity contribution is 9.10. The van der Waals surface area contributed by atoms with Gasteiger partial charge in [-0.25, -0.2) is 0 Å². The summed E-state index contributed by atoms with van der Waals surface area (Å²) in [5.41, 5.74) is 2.73. The van der Waals surface area contributed by atoms with Gasteiger partial charge in [0.15, 0.2) is 0 Å². The second-order valence-corrected chi connectivity index (χ2v) is 6.82. The molecule has 106 valence electrons. The van der Waals surface area contributed by atoms with Gasteiger partial charge in [-0.3, -0.25) is 4.90 Å². The minimum atomic E-state index is 0.531. The lowest BCUT2D eigenvalue weighted by atomic mass is 9.91. The summed E-state index contributed by atoms with van der Waals surface area (Å²) in [7, 11) is 2.24. The Morgan fingerprint density at radius 2 is 2.11 bits per heavy atom. The largest absolute Gasteiger partial charge is 0.310 e. The van der Waals surface area contributed by atoms with Crippen LogP contribution in [0.25, 0.3) is 0 Å². The van der Waals surface area contributed by atoms with Crippen LogP contribution in [0.5, 0.6) is 0 Å². The van der Waals surface area contributed by atoms with Gasteiger partial charge in [0, 0.05) is 29.6 Å². The molecule has 1 aromatic rings. The molecule has 1 fully saturated rings. The summed E-state index contributed by atoms with van der Waals surface area (Å²) in [5.74, 6) is 0. The maximum absolute atomic E-state index is 3.72. The molecule has 2 rings (SSSR count). The van der Waals surface area contributed by atoms with Gasteiger partial charge in [0.2, 0.25) is 0 Å². The summed E-state index contributed by atoms with van der Waals surface area (Å²) in [6.45, 7) is 6.34. The first-order valence-corrected chi connectivity index (χ1v) is 8.06. The Morgan fingerprint density at radius 1 is 1.37 bits per heavy atom. The fraction of sp³-hybridized carbons (Fsp3) is 0.625. The molecule has 0 aromatic heterocycles. The van der Waals surface area contributed by atoms with Gasteiger partial charge in [-0.1, -0.05) is 48.3 Å². The van der Waals surface area contributed by atoms with Crippen molar-refractivity contribution >= 4 is 15.9 Å². The molecule has 0 aliphatic heterocycles. The van der Waals surface area contributed by atoms with E-state index in [0.29, 0.717) is 6.04 Å². The fourth-order valence-electron chi connectivity index (χ4n) is 2.38. The van der Waals surface area contributed by atoms with Crippen molar-refractivity contribution in [2.24, 2.45) is 0 Å². The Hall–Kier alpha value is -0.380. The Bertz CT molecular complexity index is 413. The van der Waals surface area contributed by atoms with Crippen molar-refractivity contribution in [1.29, 1.82) is 0 Å². The predicted molar refractivity (Wildman–Crippen MR) is 85.2 cm³/mol. The van der Waals surface area contributed by atoms with Crippen molar-refractivity contribution in [3.05, 3.63) is 33.8 Å². The normalized spacial score (nSPS) is 16.1. The van der Waals surface area contributed by atoms with E-state index in [-0.39, 0.29) is 0 Å². The van der Waals surface area contributed by atoms with Gasteiger partial charge < -0.3 is 5.32 Å². The lowest BCUT2D eigenvalue weighted by Gasteiger charge is -2.35. The van der Waals surface area contributed by atoms with Crippen LogP contribution in [0, 0.1) is 0 Å². The number of halogens is 1. The quantitative estimate of drug-likeness (QED) is 0.852. The summed E-state index contributed by atoms with van der Waals surface area (Å²) >= 11 is 3.72. The molecule has 0 amide bonds. The number of hydrogen-bond donors (Lipinski definition) is 1. The Kier molecular flexibility index (Phi) is 5.43. The van der Waals surface area contributed by atoms with E-state index >= 15 is 0 Å². The van der Waals surface area contributed by atoms with Gasteiger partial charge in [0.1, 0.15) is 0 Å². The monoisotopic (exact) mass is 324 g/mol. The lowest BCUT2D eigenvalue weighted by molar-refractivity contribution is 0.152. The number of benzene rings is 1. The van der Waals surface area contributed by atoms with Crippen molar-refractivity contribution in [3.8, 4) is 0 Å². The highest BCUT2D eigenvalue weighted by atomic mass is 79.9. The number of rotatable bonds is 6. The minimum absolute atomic E-state index is 0.531. The second-order valence-electron chi connectivity index (χ2n) is 5.96. The van der Waals surface area contributed by atoms with Gasteiger partial charge in [0.25, 0.3) is 0 Å². The van der Waals surface area contributed by atoms with Gasteiger partial charge in [-0.2, -0.15) is 0 Å². The standard InChI is InChI=1S/C16H25BrN2/c1-12(2)18-10-13-7-8-14(16(17)9-13)11-19(3)15-5-4-6-15/h7-9,12,15,18H,4-6,10-11H2,1-3H3. The SMILES string of the molecule is CC(C)NCc1ccc(CN(C)C2CCC2)c(Br)c1. The third kappa shape index (κ3) is 4.30. The molecule has 3 heteroatoms. The maximum atomic E-state index is 3.72. The maximum Gasteiger partial charge on any atom is 0.0244 e. The topological polar surface area (TPSA) is 15.3 Å². The zero-order valence-corrected chi connectivity index (χ0v) is 13.8. The molecule has 0 atom stereocenters. The third-order valence-electron chi connectivity index (χ3n) is 3.95. The minimum Gasteiger partial charge on any atom is -0.310 e. The smallest absolute Gasteiger partial charge is 0.0244 e. The fourth-order valence-corrected chi connectivity index (χ4v) is 2.93. The summed E-state index contributed by atoms with van der Waals surface area (Å²) in [6, 6.07) is 8.08. The van der Waals surface area contributed by atoms with Crippen molar-refractivity contribution in [3.63, 3.8) is 0 Å². The van der Waals surface area contributed by atoms with Crippen LogP contribution in [0.1, 0.15) is 44.2 Å². The molecule has 0 unspecified atom stereocenters. The molecule has 0 heterocycles. The first kappa shape index (κ1) is 15.0. The molecule has 1 aliphatic rings. The van der Waals surface area contributed by atoms with E-state index < -0.39 is 0 Å². The molecule has 19 heavy (non-hydrogen) atoms. The van der Waals surface area contributed by atoms with Crippen LogP contribution >= 0.6 is 15.9 Å². The van der Waals surface area contributed by atoms with E-state index in [1.807, 2.05) is 0 Å². The molecule has 0 saturated heterocycles. The van der Waals surface area contributed by atoms with Gasteiger partial charge in [0.05, 0.1) is 0 Å². The van der Waals surface area contributed by atoms with Crippen molar-refractivity contribution in [2.45, 2.75) is 58.3 Å². The van der Waals surface area contributed by atoms with E-state index in [9.17, 15) is 0 Å². The Labute approximate surface area is 125 Å². The number of nitrogens with one attached hydrogen (secondary N) is 1. The molecular formula is C16H25BrN2. The Morgan fingerprint density at radius 3 is 2.63 bits per heavy atom. The van der Waals surface area contributed by atoms with E-state index in [1.54, 1.807) is 0 Å². The first-order valence-electron chi connectivity index (χ1n) is 7.27. The lowest BCUT2D eigenvalue weighted by Crippen LogP contribution is -2.36. The molecule has 1 aromatic carbocycles. The van der Waals surface area contributed by atoms with Gasteiger partial charge in [-0.05, 0) is 37.1 Å². The van der Waals surface area contributed by atoms with E-state index in [2.05, 4.69) is 65.2 Å². The average molecular weight is 325 g/mol. The van der Waals surface area contributed by atoms with Crippen LogP contribution in [0.3, 0.4) is 0 Å². The van der Waals surface area contributed by atoms with Crippen LogP contribution in [0.4, 0.5) is 0 Å². The zero-order valence-electron chi connectivity index (χ0n) is 12.2. The van der Waals surface area contributed by atoms with Gasteiger partial charge in [-0.15, -0.1) is 0 Å². The Balaban J connectivity index is 1.94. The van der Waals surface area contributed by atoms with Crippen molar-refractivity contribution < 1.29 is 0 Å². The van der Waals surface area contributed by atoms with Crippen LogP contribution in [-0.2, 0) is 13.1 Å². The second kappa shape index (κ2) is 6.87. The summed E-state index contributed by atoms with van der Waals surface area (Å²) < 4.78 is 1.24. The number of hydrogen-bond acceptors (Lipinski definition) is 2. The van der Waals surface area contributed by atoms with Crippen molar-refractivity contribution in [1.82, 2.24) is 10.2 Å². The first-order chi connectivity index (χ1) is 9.06. The van der Waals surface area contributed by atoms with Crippen LogP contribution in [-0.4, -0.2) is 24.0 Å². The van der Waals surface area contributed by atoms with E-state index in [1.165, 1.54) is 34.9 Å². The summed E-state index contributed by atoms with van der Waals surface area (Å²) in [4.78, 5) is 2.48. The zero-order chi connectivity index (χ0) is 13.8. The highest BCUT2D eigenvalue weighted by Crippen LogP contribution is 2.27. The van der Waals surface area contributed by atoms with Crippen LogP contribution in [0.15, 0.2) is 22.7 Å². The van der Waals surface area contributed by atoms with Gasteiger partial charge >= 0.3 is 0 Å². The molecular weight excluding hydrogens is 300 g/mol. The number of nitrogens with zero attached hydrogens (tertiary/aromatic N) is 1. The molecule has 0 radical (unpaired) electrons. The van der Waals surface area contributed by atoms with E-state index in [4.69, 9.17) is 0 Å². The summed E-state index contributed by atoms with van der Waals surface area (Å²) in [6.07, 6.45) is 4.13. The van der Waals surface area contributed by atoms with Crippen LogP contribution in [0.2, 0.25) is 0 Å².